The molecule has 0 aromatic heterocycles. The molecular formula is C21H18Cl2N2O5. The van der Waals surface area contributed by atoms with E-state index < -0.39 is 29.9 Å². The van der Waals surface area contributed by atoms with Gasteiger partial charge in [-0.05, 0) is 28.8 Å². The lowest BCUT2D eigenvalue weighted by atomic mass is 10.0. The maximum absolute atomic E-state index is 12.7. The molecule has 0 radical (unpaired) electrons. The minimum absolute atomic E-state index is 0.114. The largest absolute Gasteiger partial charge is 0.511 e. The van der Waals surface area contributed by atoms with E-state index in [4.69, 9.17) is 28.3 Å². The van der Waals surface area contributed by atoms with Gasteiger partial charge in [-0.2, -0.15) is 0 Å². The molecule has 2 amide bonds. The fourth-order valence-corrected chi connectivity index (χ4v) is 3.37. The lowest BCUT2D eigenvalue weighted by Gasteiger charge is -2.28. The van der Waals surface area contributed by atoms with Crippen molar-refractivity contribution >= 4 is 41.0 Å². The Balaban J connectivity index is 1.71. The van der Waals surface area contributed by atoms with Crippen molar-refractivity contribution in [1.82, 2.24) is 10.2 Å². The summed E-state index contributed by atoms with van der Waals surface area (Å²) in [5.74, 6) is -3.13. The SMILES string of the molecule is O=C(O)CNC(=O)C1=C(O)CCN(Cc2ccc(-c3ccc(Cl)c(Cl)c3)cc2)C1=O. The molecule has 0 unspecified atom stereocenters. The molecule has 0 atom stereocenters. The Labute approximate surface area is 182 Å². The summed E-state index contributed by atoms with van der Waals surface area (Å²) in [7, 11) is 0. The van der Waals surface area contributed by atoms with Gasteiger partial charge in [0, 0.05) is 19.5 Å². The van der Waals surface area contributed by atoms with Crippen LogP contribution in [-0.2, 0) is 20.9 Å². The number of aliphatic hydroxyl groups excluding tert-OH is 1. The van der Waals surface area contributed by atoms with Gasteiger partial charge in [0.05, 0.1) is 10.0 Å². The Morgan fingerprint density at radius 1 is 1.03 bits per heavy atom. The highest BCUT2D eigenvalue weighted by Crippen LogP contribution is 2.29. The molecule has 3 rings (SSSR count). The quantitative estimate of drug-likeness (QED) is 0.586. The zero-order valence-electron chi connectivity index (χ0n) is 15.7. The molecule has 30 heavy (non-hydrogen) atoms. The Morgan fingerprint density at radius 3 is 2.33 bits per heavy atom. The van der Waals surface area contributed by atoms with Crippen LogP contribution in [0.3, 0.4) is 0 Å². The van der Waals surface area contributed by atoms with Gasteiger partial charge in [0.1, 0.15) is 17.9 Å². The van der Waals surface area contributed by atoms with Crippen LogP contribution in [0.5, 0.6) is 0 Å². The topological polar surface area (TPSA) is 107 Å². The molecule has 0 saturated heterocycles. The molecule has 2 aromatic carbocycles. The lowest BCUT2D eigenvalue weighted by molar-refractivity contribution is -0.138. The number of carboxylic acid groups (broad SMARTS) is 1. The molecular weight excluding hydrogens is 431 g/mol. The average molecular weight is 449 g/mol. The Bertz CT molecular complexity index is 1030. The van der Waals surface area contributed by atoms with Crippen molar-refractivity contribution in [2.45, 2.75) is 13.0 Å². The van der Waals surface area contributed by atoms with Crippen molar-refractivity contribution in [2.75, 3.05) is 13.1 Å². The first-order valence-corrected chi connectivity index (χ1v) is 9.77. The molecule has 1 heterocycles. The number of amides is 2. The summed E-state index contributed by atoms with van der Waals surface area (Å²) in [5, 5.41) is 21.7. The van der Waals surface area contributed by atoms with Gasteiger partial charge in [-0.3, -0.25) is 14.4 Å². The molecule has 0 spiro atoms. The van der Waals surface area contributed by atoms with Crippen LogP contribution < -0.4 is 5.32 Å². The van der Waals surface area contributed by atoms with Crippen LogP contribution in [0.4, 0.5) is 0 Å². The number of hydrogen-bond donors (Lipinski definition) is 3. The van der Waals surface area contributed by atoms with E-state index >= 15 is 0 Å². The van der Waals surface area contributed by atoms with Gasteiger partial charge in [-0.15, -0.1) is 0 Å². The van der Waals surface area contributed by atoms with Gasteiger partial charge in [0.2, 0.25) is 0 Å². The molecule has 3 N–H and O–H groups in total. The minimum Gasteiger partial charge on any atom is -0.511 e. The third-order valence-electron chi connectivity index (χ3n) is 4.62. The predicted octanol–water partition coefficient (Wildman–Crippen LogP) is 3.41. The van der Waals surface area contributed by atoms with E-state index in [2.05, 4.69) is 5.32 Å². The molecule has 156 valence electrons. The summed E-state index contributed by atoms with van der Waals surface area (Å²) < 4.78 is 0. The third-order valence-corrected chi connectivity index (χ3v) is 5.35. The number of nitrogens with zero attached hydrogens (tertiary/aromatic N) is 1. The first-order chi connectivity index (χ1) is 14.3. The van der Waals surface area contributed by atoms with Gasteiger partial charge in [-0.1, -0.05) is 53.5 Å². The number of benzene rings is 2. The summed E-state index contributed by atoms with van der Waals surface area (Å²) in [6, 6.07) is 12.8. The van der Waals surface area contributed by atoms with E-state index in [9.17, 15) is 19.5 Å². The van der Waals surface area contributed by atoms with E-state index in [0.29, 0.717) is 10.0 Å². The highest BCUT2D eigenvalue weighted by Gasteiger charge is 2.32. The van der Waals surface area contributed by atoms with Gasteiger partial charge >= 0.3 is 5.97 Å². The Kier molecular flexibility index (Phi) is 6.64. The lowest BCUT2D eigenvalue weighted by Crippen LogP contribution is -2.43. The van der Waals surface area contributed by atoms with E-state index in [1.54, 1.807) is 12.1 Å². The molecule has 0 fully saturated rings. The van der Waals surface area contributed by atoms with E-state index in [1.165, 1.54) is 4.90 Å². The van der Waals surface area contributed by atoms with Crippen LogP contribution in [-0.4, -0.2) is 46.0 Å². The van der Waals surface area contributed by atoms with Crippen LogP contribution in [0.15, 0.2) is 53.8 Å². The van der Waals surface area contributed by atoms with Crippen LogP contribution in [0.1, 0.15) is 12.0 Å². The molecule has 9 heteroatoms. The number of carbonyl (C=O) groups excluding carboxylic acids is 2. The van der Waals surface area contributed by atoms with Crippen molar-refractivity contribution in [3.05, 3.63) is 69.4 Å². The first kappa shape index (κ1) is 21.7. The standard InChI is InChI=1S/C21H18Cl2N2O5/c22-15-6-5-14(9-16(15)23)13-3-1-12(2-4-13)11-25-8-7-17(26)19(21(25)30)20(29)24-10-18(27)28/h1-6,9,26H,7-8,10-11H2,(H,24,29)(H,27,28). The number of halogens is 2. The Hall–Kier alpha value is -3.03. The second kappa shape index (κ2) is 9.19. The van der Waals surface area contributed by atoms with E-state index in [0.717, 1.165) is 16.7 Å². The van der Waals surface area contributed by atoms with Gasteiger partial charge in [0.15, 0.2) is 0 Å². The van der Waals surface area contributed by atoms with Crippen LogP contribution in [0, 0.1) is 0 Å². The van der Waals surface area contributed by atoms with Crippen molar-refractivity contribution in [1.29, 1.82) is 0 Å². The van der Waals surface area contributed by atoms with Crippen LogP contribution in [0.25, 0.3) is 11.1 Å². The number of rotatable bonds is 6. The maximum Gasteiger partial charge on any atom is 0.322 e. The fraction of sp³-hybridized carbons (Fsp3) is 0.190. The number of nitrogens with one attached hydrogen (secondary N) is 1. The summed E-state index contributed by atoms with van der Waals surface area (Å²) in [4.78, 5) is 36.8. The van der Waals surface area contributed by atoms with E-state index in [-0.39, 0.29) is 25.3 Å². The number of aliphatic hydroxyl groups is 1. The van der Waals surface area contributed by atoms with Gasteiger partial charge in [-0.25, -0.2) is 0 Å². The number of carboxylic acids is 1. The number of hydrogen-bond acceptors (Lipinski definition) is 4. The van der Waals surface area contributed by atoms with Gasteiger partial charge < -0.3 is 20.4 Å². The molecule has 0 aliphatic carbocycles. The van der Waals surface area contributed by atoms with Crippen molar-refractivity contribution in [3.8, 4) is 11.1 Å². The zero-order chi connectivity index (χ0) is 21.8. The number of aliphatic carboxylic acids is 1. The smallest absolute Gasteiger partial charge is 0.322 e. The van der Waals surface area contributed by atoms with E-state index in [1.807, 2.05) is 30.3 Å². The average Bonchev–Trinajstić information content (AvgIpc) is 2.71. The third kappa shape index (κ3) is 4.93. The molecule has 1 aliphatic rings. The van der Waals surface area contributed by atoms with Gasteiger partial charge in [0.25, 0.3) is 11.8 Å². The second-order valence-corrected chi connectivity index (χ2v) is 7.52. The molecule has 0 saturated carbocycles. The van der Waals surface area contributed by atoms with Crippen molar-refractivity contribution in [3.63, 3.8) is 0 Å². The molecule has 1 aliphatic heterocycles. The van der Waals surface area contributed by atoms with Crippen molar-refractivity contribution < 1.29 is 24.6 Å². The Morgan fingerprint density at radius 2 is 1.70 bits per heavy atom. The normalized spacial score (nSPS) is 14.1. The highest BCUT2D eigenvalue weighted by molar-refractivity contribution is 6.42. The maximum atomic E-state index is 12.7. The number of carbonyl (C=O) groups is 3. The molecule has 7 nitrogen and oxygen atoms in total. The van der Waals surface area contributed by atoms with Crippen LogP contribution >= 0.6 is 23.2 Å². The summed E-state index contributed by atoms with van der Waals surface area (Å²) in [6.45, 7) is -0.155. The summed E-state index contributed by atoms with van der Waals surface area (Å²) in [5.41, 5.74) is 2.23. The fourth-order valence-electron chi connectivity index (χ4n) is 3.07. The minimum atomic E-state index is -1.24. The monoisotopic (exact) mass is 448 g/mol. The second-order valence-electron chi connectivity index (χ2n) is 6.70. The van der Waals surface area contributed by atoms with Crippen molar-refractivity contribution in [2.24, 2.45) is 0 Å². The summed E-state index contributed by atoms with van der Waals surface area (Å²) in [6.07, 6.45) is 0.114. The predicted molar refractivity (Wildman–Crippen MR) is 112 cm³/mol. The molecule has 0 bridgehead atoms. The highest BCUT2D eigenvalue weighted by atomic mass is 35.5. The van der Waals surface area contributed by atoms with Crippen LogP contribution in [0.2, 0.25) is 10.0 Å². The summed E-state index contributed by atoms with van der Waals surface area (Å²) >= 11 is 12.0. The zero-order valence-corrected chi connectivity index (χ0v) is 17.2. The first-order valence-electron chi connectivity index (χ1n) is 9.02. The molecule has 2 aromatic rings.